The molecule has 1 aromatic heterocycles. The van der Waals surface area contributed by atoms with Gasteiger partial charge in [0.05, 0.1) is 6.54 Å². The number of hydrogen-bond acceptors (Lipinski definition) is 5. The Bertz CT molecular complexity index is 1110. The Hall–Kier alpha value is -3.36. The number of benzene rings is 2. The fourth-order valence-electron chi connectivity index (χ4n) is 4.29. The minimum atomic E-state index is -0.408. The van der Waals surface area contributed by atoms with Crippen LogP contribution in [0.15, 0.2) is 72.1 Å². The van der Waals surface area contributed by atoms with Crippen molar-refractivity contribution in [1.82, 2.24) is 15.5 Å². The summed E-state index contributed by atoms with van der Waals surface area (Å²) < 4.78 is 0. The molecule has 1 aliphatic rings. The van der Waals surface area contributed by atoms with Gasteiger partial charge < -0.3 is 20.9 Å². The lowest BCUT2D eigenvalue weighted by Gasteiger charge is -2.40. The molecule has 4 rings (SSSR count). The second-order valence-electron chi connectivity index (χ2n) is 9.40. The molecule has 8 heteroatoms. The number of urea groups is 1. The van der Waals surface area contributed by atoms with Crippen molar-refractivity contribution in [2.24, 2.45) is 0 Å². The highest BCUT2D eigenvalue weighted by Gasteiger charge is 2.26. The summed E-state index contributed by atoms with van der Waals surface area (Å²) in [6, 6.07) is 21.1. The van der Waals surface area contributed by atoms with E-state index >= 15 is 0 Å². The van der Waals surface area contributed by atoms with Gasteiger partial charge in [0.1, 0.15) is 0 Å². The third-order valence-electron chi connectivity index (χ3n) is 5.95. The second kappa shape index (κ2) is 11.4. The number of carbonyl (C=O) groups excluding carboxylic acids is 2. The van der Waals surface area contributed by atoms with Gasteiger partial charge >= 0.3 is 6.03 Å². The average Bonchev–Trinajstić information content (AvgIpc) is 3.37. The molecule has 7 nitrogen and oxygen atoms in total. The summed E-state index contributed by atoms with van der Waals surface area (Å²) >= 11 is 1.60. The van der Waals surface area contributed by atoms with Gasteiger partial charge in [-0.25, -0.2) is 4.79 Å². The van der Waals surface area contributed by atoms with E-state index in [9.17, 15) is 9.59 Å². The summed E-state index contributed by atoms with van der Waals surface area (Å²) in [5.74, 6) is -0.169. The van der Waals surface area contributed by atoms with Crippen LogP contribution in [0.1, 0.15) is 29.1 Å². The standard InChI is InChI=1S/C27H33N5O2S/c1-27(2,20-31-13-15-32(16-14-31)23-10-4-3-5-11-23)30-26(34)29-22-9-6-8-21(18-22)25(33)28-19-24-12-7-17-35-24/h3-12,17-18H,13-16,19-20H2,1-2H3,(H,28,33)(H2,29,30,34). The highest BCUT2D eigenvalue weighted by atomic mass is 32.1. The number of anilines is 2. The molecule has 0 atom stereocenters. The molecule has 3 amide bonds. The number of hydrogen-bond donors (Lipinski definition) is 3. The fourth-order valence-corrected chi connectivity index (χ4v) is 4.94. The molecule has 2 heterocycles. The van der Waals surface area contributed by atoms with E-state index in [0.717, 1.165) is 37.6 Å². The first kappa shape index (κ1) is 24.8. The van der Waals surface area contributed by atoms with Crippen LogP contribution in [0.25, 0.3) is 0 Å². The summed E-state index contributed by atoms with van der Waals surface area (Å²) in [6.45, 7) is 9.14. The summed E-state index contributed by atoms with van der Waals surface area (Å²) in [6.07, 6.45) is 0. The van der Waals surface area contributed by atoms with Gasteiger partial charge in [-0.15, -0.1) is 11.3 Å². The van der Waals surface area contributed by atoms with Gasteiger partial charge in [-0.3, -0.25) is 9.69 Å². The van der Waals surface area contributed by atoms with E-state index in [1.807, 2.05) is 37.4 Å². The first-order valence-electron chi connectivity index (χ1n) is 11.9. The van der Waals surface area contributed by atoms with Crippen LogP contribution >= 0.6 is 11.3 Å². The van der Waals surface area contributed by atoms with Crippen molar-refractivity contribution in [2.45, 2.75) is 25.9 Å². The SMILES string of the molecule is CC(C)(CN1CCN(c2ccccc2)CC1)NC(=O)Nc1cccc(C(=O)NCc2cccs2)c1. The normalized spacial score (nSPS) is 14.4. The van der Waals surface area contributed by atoms with Crippen molar-refractivity contribution < 1.29 is 9.59 Å². The predicted octanol–water partition coefficient (Wildman–Crippen LogP) is 4.40. The minimum absolute atomic E-state index is 0.169. The molecule has 0 radical (unpaired) electrons. The largest absolute Gasteiger partial charge is 0.369 e. The number of amides is 3. The van der Waals surface area contributed by atoms with Crippen LogP contribution in [0.3, 0.4) is 0 Å². The Kier molecular flexibility index (Phi) is 8.05. The molecular weight excluding hydrogens is 458 g/mol. The van der Waals surface area contributed by atoms with Gasteiger partial charge in [0.25, 0.3) is 5.91 Å². The maximum Gasteiger partial charge on any atom is 0.319 e. The highest BCUT2D eigenvalue weighted by molar-refractivity contribution is 7.09. The number of rotatable bonds is 8. The minimum Gasteiger partial charge on any atom is -0.369 e. The van der Waals surface area contributed by atoms with Gasteiger partial charge in [-0.1, -0.05) is 30.3 Å². The zero-order chi connectivity index (χ0) is 24.7. The van der Waals surface area contributed by atoms with Crippen molar-refractivity contribution in [3.8, 4) is 0 Å². The molecule has 2 aromatic carbocycles. The quantitative estimate of drug-likeness (QED) is 0.437. The molecule has 3 aromatic rings. The highest BCUT2D eigenvalue weighted by Crippen LogP contribution is 2.17. The van der Waals surface area contributed by atoms with Gasteiger partial charge in [0, 0.05) is 60.1 Å². The number of nitrogens with one attached hydrogen (secondary N) is 3. The number of carbonyl (C=O) groups is 2. The molecule has 1 saturated heterocycles. The van der Waals surface area contributed by atoms with Gasteiger partial charge in [-0.2, -0.15) is 0 Å². The topological polar surface area (TPSA) is 76.7 Å². The summed E-state index contributed by atoms with van der Waals surface area (Å²) in [4.78, 5) is 31.1. The van der Waals surface area contributed by atoms with E-state index < -0.39 is 5.54 Å². The molecule has 1 aliphatic heterocycles. The molecule has 35 heavy (non-hydrogen) atoms. The van der Waals surface area contributed by atoms with E-state index in [2.05, 4.69) is 50.0 Å². The number of thiophene rings is 1. The molecule has 184 valence electrons. The van der Waals surface area contributed by atoms with Crippen LogP contribution in [0.2, 0.25) is 0 Å². The maximum atomic E-state index is 12.7. The number of nitrogens with zero attached hydrogens (tertiary/aromatic N) is 2. The first-order chi connectivity index (χ1) is 16.9. The summed E-state index contributed by atoms with van der Waals surface area (Å²) in [5.41, 5.74) is 1.94. The number of piperazine rings is 1. The molecule has 0 saturated carbocycles. The third-order valence-corrected chi connectivity index (χ3v) is 6.83. The van der Waals surface area contributed by atoms with E-state index in [-0.39, 0.29) is 11.9 Å². The van der Waals surface area contributed by atoms with Gasteiger partial charge in [0.2, 0.25) is 0 Å². The third kappa shape index (κ3) is 7.31. The Balaban J connectivity index is 1.24. The zero-order valence-electron chi connectivity index (χ0n) is 20.3. The molecule has 0 unspecified atom stereocenters. The molecule has 3 N–H and O–H groups in total. The number of para-hydroxylation sites is 1. The van der Waals surface area contributed by atoms with E-state index in [4.69, 9.17) is 0 Å². The van der Waals surface area contributed by atoms with E-state index in [1.54, 1.807) is 35.6 Å². The molecule has 1 fully saturated rings. The van der Waals surface area contributed by atoms with Crippen LogP contribution in [-0.4, -0.2) is 55.1 Å². The van der Waals surface area contributed by atoms with E-state index in [0.29, 0.717) is 17.8 Å². The lowest BCUT2D eigenvalue weighted by molar-refractivity contribution is 0.0951. The second-order valence-corrected chi connectivity index (χ2v) is 10.4. The summed E-state index contributed by atoms with van der Waals surface area (Å²) in [7, 11) is 0. The van der Waals surface area contributed by atoms with Crippen molar-refractivity contribution >= 4 is 34.6 Å². The molecular formula is C27H33N5O2S. The van der Waals surface area contributed by atoms with Crippen LogP contribution in [0.5, 0.6) is 0 Å². The molecule has 0 aliphatic carbocycles. The Morgan fingerprint density at radius 1 is 0.943 bits per heavy atom. The van der Waals surface area contributed by atoms with Crippen molar-refractivity contribution in [2.75, 3.05) is 42.9 Å². The Morgan fingerprint density at radius 3 is 2.43 bits per heavy atom. The van der Waals surface area contributed by atoms with Crippen LogP contribution in [0, 0.1) is 0 Å². The van der Waals surface area contributed by atoms with Crippen LogP contribution in [0.4, 0.5) is 16.2 Å². The van der Waals surface area contributed by atoms with Crippen molar-refractivity contribution in [1.29, 1.82) is 0 Å². The zero-order valence-corrected chi connectivity index (χ0v) is 21.1. The van der Waals surface area contributed by atoms with Gasteiger partial charge in [-0.05, 0) is 55.6 Å². The molecule has 0 bridgehead atoms. The predicted molar refractivity (Wildman–Crippen MR) is 143 cm³/mol. The lowest BCUT2D eigenvalue weighted by atomic mass is 10.0. The maximum absolute atomic E-state index is 12.7. The lowest BCUT2D eigenvalue weighted by Crippen LogP contribution is -2.56. The first-order valence-corrected chi connectivity index (χ1v) is 12.8. The average molecular weight is 492 g/mol. The smallest absolute Gasteiger partial charge is 0.319 e. The monoisotopic (exact) mass is 491 g/mol. The van der Waals surface area contributed by atoms with Crippen molar-refractivity contribution in [3.63, 3.8) is 0 Å². The van der Waals surface area contributed by atoms with Gasteiger partial charge in [0.15, 0.2) is 0 Å². The van der Waals surface area contributed by atoms with Crippen molar-refractivity contribution in [3.05, 3.63) is 82.6 Å². The fraction of sp³-hybridized carbons (Fsp3) is 0.333. The summed E-state index contributed by atoms with van der Waals surface area (Å²) in [5, 5.41) is 10.9. The Labute approximate surface area is 211 Å². The van der Waals surface area contributed by atoms with Crippen LogP contribution in [-0.2, 0) is 6.54 Å². The molecule has 0 spiro atoms. The van der Waals surface area contributed by atoms with Crippen LogP contribution < -0.4 is 20.9 Å². The van der Waals surface area contributed by atoms with E-state index in [1.165, 1.54) is 5.69 Å². The Morgan fingerprint density at radius 2 is 1.71 bits per heavy atom.